The third kappa shape index (κ3) is 0.914. The van der Waals surface area contributed by atoms with Crippen LogP contribution in [0.3, 0.4) is 0 Å². The quantitative estimate of drug-likeness (QED) is 0.612. The van der Waals surface area contributed by atoms with Crippen molar-refractivity contribution < 1.29 is 14.3 Å². The van der Waals surface area contributed by atoms with Gasteiger partial charge in [0, 0.05) is 13.0 Å². The van der Waals surface area contributed by atoms with Crippen LogP contribution in [0.15, 0.2) is 21.7 Å². The molecule has 2 rings (SSSR count). The molecule has 1 aliphatic heterocycles. The van der Waals surface area contributed by atoms with E-state index >= 15 is 0 Å². The van der Waals surface area contributed by atoms with E-state index in [0.717, 1.165) is 0 Å². The van der Waals surface area contributed by atoms with E-state index in [9.17, 15) is 5.11 Å². The Labute approximate surface area is 63.1 Å². The molecule has 1 atom stereocenters. The smallest absolute Gasteiger partial charge is 0.260 e. The summed E-state index contributed by atoms with van der Waals surface area (Å²) in [5.74, 6) is 0.821. The molecule has 58 valence electrons. The molecule has 1 aromatic rings. The van der Waals surface area contributed by atoms with Gasteiger partial charge in [0.05, 0.1) is 6.26 Å². The molecular weight excluding hydrogens is 146 g/mol. The molecule has 0 saturated carbocycles. The molecule has 4 heteroatoms. The van der Waals surface area contributed by atoms with Crippen LogP contribution in [0.2, 0.25) is 0 Å². The number of aliphatic imine (C=N–C) groups is 1. The maximum Gasteiger partial charge on any atom is 0.260 e. The summed E-state index contributed by atoms with van der Waals surface area (Å²) in [5.41, 5.74) is 0.640. The second kappa shape index (κ2) is 2.10. The van der Waals surface area contributed by atoms with Gasteiger partial charge in [-0.25, -0.2) is 4.99 Å². The maximum absolute atomic E-state index is 9.22. The van der Waals surface area contributed by atoms with Gasteiger partial charge in [-0.15, -0.1) is 0 Å². The van der Waals surface area contributed by atoms with E-state index in [0.29, 0.717) is 17.3 Å². The highest BCUT2D eigenvalue weighted by Gasteiger charge is 2.22. The molecule has 0 saturated heterocycles. The second-order valence-corrected chi connectivity index (χ2v) is 2.27. The first-order valence-electron chi connectivity index (χ1n) is 3.25. The fourth-order valence-corrected chi connectivity index (χ4v) is 1.00. The molecule has 0 amide bonds. The fourth-order valence-electron chi connectivity index (χ4n) is 1.00. The van der Waals surface area contributed by atoms with E-state index in [2.05, 4.69) is 4.99 Å². The van der Waals surface area contributed by atoms with Crippen molar-refractivity contribution in [1.82, 2.24) is 0 Å². The minimum Gasteiger partial charge on any atom is -0.460 e. The lowest BCUT2D eigenvalue weighted by atomic mass is 10.3. The largest absolute Gasteiger partial charge is 0.460 e. The van der Waals surface area contributed by atoms with Crippen LogP contribution in [-0.4, -0.2) is 11.0 Å². The number of rotatable bonds is 0. The topological polar surface area (TPSA) is 55.0 Å². The molecule has 2 heterocycles. The van der Waals surface area contributed by atoms with Gasteiger partial charge in [0.2, 0.25) is 0 Å². The predicted molar refractivity (Wildman–Crippen MR) is 37.5 cm³/mol. The fraction of sp³-hybridized carbons (Fsp3) is 0.286. The van der Waals surface area contributed by atoms with Crippen molar-refractivity contribution in [2.45, 2.75) is 13.2 Å². The number of aliphatic hydroxyl groups excluding tert-OH is 1. The molecule has 0 radical (unpaired) electrons. The van der Waals surface area contributed by atoms with E-state index in [1.165, 1.54) is 6.26 Å². The molecule has 1 aromatic heterocycles. The number of fused-ring (bicyclic) bond motifs is 1. The molecule has 0 aromatic carbocycles. The summed E-state index contributed by atoms with van der Waals surface area (Å²) in [6.07, 6.45) is 0.469. The SMILES string of the molecule is CC1=Nc2ccoc2C(O)O1. The van der Waals surface area contributed by atoms with Crippen molar-refractivity contribution in [2.24, 2.45) is 4.99 Å². The van der Waals surface area contributed by atoms with Gasteiger partial charge in [0.25, 0.3) is 6.29 Å². The number of aliphatic hydroxyl groups is 1. The van der Waals surface area contributed by atoms with Crippen molar-refractivity contribution in [3.8, 4) is 0 Å². The Morgan fingerprint density at radius 2 is 2.45 bits per heavy atom. The van der Waals surface area contributed by atoms with Crippen molar-refractivity contribution >= 4 is 11.6 Å². The summed E-state index contributed by atoms with van der Waals surface area (Å²) in [7, 11) is 0. The molecule has 1 N–H and O–H groups in total. The highest BCUT2D eigenvalue weighted by atomic mass is 16.6. The normalized spacial score (nSPS) is 22.0. The Kier molecular flexibility index (Phi) is 1.22. The zero-order chi connectivity index (χ0) is 7.84. The summed E-state index contributed by atoms with van der Waals surface area (Å²) >= 11 is 0. The zero-order valence-corrected chi connectivity index (χ0v) is 5.94. The van der Waals surface area contributed by atoms with Crippen LogP contribution < -0.4 is 0 Å². The average Bonchev–Trinajstić information content (AvgIpc) is 2.34. The maximum atomic E-state index is 9.22. The Morgan fingerprint density at radius 1 is 1.64 bits per heavy atom. The molecule has 1 aliphatic rings. The van der Waals surface area contributed by atoms with Gasteiger partial charge in [-0.3, -0.25) is 0 Å². The van der Waals surface area contributed by atoms with Crippen LogP contribution in [0.1, 0.15) is 19.0 Å². The zero-order valence-electron chi connectivity index (χ0n) is 5.94. The van der Waals surface area contributed by atoms with Crippen LogP contribution in [0, 0.1) is 0 Å². The minimum atomic E-state index is -1.00. The Hall–Kier alpha value is -1.29. The highest BCUT2D eigenvalue weighted by molar-refractivity contribution is 5.78. The first-order valence-corrected chi connectivity index (χ1v) is 3.25. The number of ether oxygens (including phenoxy) is 1. The summed E-state index contributed by atoms with van der Waals surface area (Å²) in [4.78, 5) is 4.00. The van der Waals surface area contributed by atoms with Gasteiger partial charge < -0.3 is 14.3 Å². The third-order valence-electron chi connectivity index (χ3n) is 1.46. The number of hydrogen-bond donors (Lipinski definition) is 1. The molecule has 0 bridgehead atoms. The average molecular weight is 153 g/mol. The lowest BCUT2D eigenvalue weighted by molar-refractivity contribution is -0.0486. The van der Waals surface area contributed by atoms with E-state index in [-0.39, 0.29) is 0 Å². The summed E-state index contributed by atoms with van der Waals surface area (Å²) in [5, 5.41) is 9.22. The van der Waals surface area contributed by atoms with E-state index in [1.807, 2.05) is 0 Å². The summed E-state index contributed by atoms with van der Waals surface area (Å²) in [6, 6.07) is 1.69. The number of furan rings is 1. The molecule has 11 heavy (non-hydrogen) atoms. The Bertz CT molecular complexity index is 302. The molecule has 4 nitrogen and oxygen atoms in total. The number of nitrogens with zero attached hydrogens (tertiary/aromatic N) is 1. The van der Waals surface area contributed by atoms with E-state index in [1.54, 1.807) is 13.0 Å². The van der Waals surface area contributed by atoms with E-state index in [4.69, 9.17) is 9.15 Å². The lowest BCUT2D eigenvalue weighted by Crippen LogP contribution is -2.10. The van der Waals surface area contributed by atoms with Gasteiger partial charge in [-0.2, -0.15) is 0 Å². The van der Waals surface area contributed by atoms with Crippen molar-refractivity contribution in [1.29, 1.82) is 0 Å². The Morgan fingerprint density at radius 3 is 3.27 bits per heavy atom. The van der Waals surface area contributed by atoms with Gasteiger partial charge in [0.1, 0.15) is 5.69 Å². The van der Waals surface area contributed by atoms with Gasteiger partial charge in [0.15, 0.2) is 11.7 Å². The lowest BCUT2D eigenvalue weighted by Gasteiger charge is -2.15. The van der Waals surface area contributed by atoms with Gasteiger partial charge in [-0.1, -0.05) is 0 Å². The molecule has 1 unspecified atom stereocenters. The van der Waals surface area contributed by atoms with Crippen molar-refractivity contribution in [3.63, 3.8) is 0 Å². The predicted octanol–water partition coefficient (Wildman–Crippen LogP) is 1.35. The first kappa shape index (κ1) is 6.42. The second-order valence-electron chi connectivity index (χ2n) is 2.27. The van der Waals surface area contributed by atoms with Crippen LogP contribution in [0.4, 0.5) is 5.69 Å². The van der Waals surface area contributed by atoms with Crippen LogP contribution >= 0.6 is 0 Å². The monoisotopic (exact) mass is 153 g/mol. The Balaban J connectivity index is 2.51. The van der Waals surface area contributed by atoms with Crippen molar-refractivity contribution in [3.05, 3.63) is 18.1 Å². The summed E-state index contributed by atoms with van der Waals surface area (Å²) < 4.78 is 9.82. The van der Waals surface area contributed by atoms with Crippen molar-refractivity contribution in [2.75, 3.05) is 0 Å². The van der Waals surface area contributed by atoms with E-state index < -0.39 is 6.29 Å². The molecule has 0 fully saturated rings. The van der Waals surface area contributed by atoms with Crippen LogP contribution in [0.25, 0.3) is 0 Å². The highest BCUT2D eigenvalue weighted by Crippen LogP contribution is 2.31. The van der Waals surface area contributed by atoms with Crippen LogP contribution in [0.5, 0.6) is 0 Å². The molecule has 0 spiro atoms. The summed E-state index contributed by atoms with van der Waals surface area (Å²) in [6.45, 7) is 1.68. The van der Waals surface area contributed by atoms with Crippen LogP contribution in [-0.2, 0) is 4.74 Å². The number of hydrogen-bond acceptors (Lipinski definition) is 4. The first-order chi connectivity index (χ1) is 5.27. The molecule has 0 aliphatic carbocycles. The molecular formula is C7H7NO3. The van der Waals surface area contributed by atoms with Gasteiger partial charge >= 0.3 is 0 Å². The van der Waals surface area contributed by atoms with Gasteiger partial charge in [-0.05, 0) is 0 Å². The minimum absolute atomic E-state index is 0.371. The standard InChI is InChI=1S/C7H7NO3/c1-4-8-5-2-3-10-6(5)7(9)11-4/h2-3,7,9H,1H3. The third-order valence-corrected chi connectivity index (χ3v) is 1.46.